The fraction of sp³-hybridized carbons (Fsp3) is 0.188. The predicted molar refractivity (Wildman–Crippen MR) is 73.6 cm³/mol. The zero-order chi connectivity index (χ0) is 13.9. The molecule has 0 atom stereocenters. The van der Waals surface area contributed by atoms with Crippen LogP contribution in [0.3, 0.4) is 0 Å². The van der Waals surface area contributed by atoms with E-state index in [1.54, 1.807) is 30.3 Å². The van der Waals surface area contributed by atoms with Gasteiger partial charge in [-0.25, -0.2) is 4.79 Å². The summed E-state index contributed by atoms with van der Waals surface area (Å²) in [4.78, 5) is 12.0. The van der Waals surface area contributed by atoms with E-state index in [2.05, 4.69) is 0 Å². The monoisotopic (exact) mass is 270 g/mol. The van der Waals surface area contributed by atoms with E-state index in [1.807, 2.05) is 19.1 Å². The van der Waals surface area contributed by atoms with E-state index in [0.29, 0.717) is 36.0 Å². The first-order valence-electron chi connectivity index (χ1n) is 6.41. The highest BCUT2D eigenvalue weighted by Crippen LogP contribution is 2.33. The first-order valence-corrected chi connectivity index (χ1v) is 6.41. The number of fused-ring (bicyclic) bond motifs is 1. The van der Waals surface area contributed by atoms with Crippen molar-refractivity contribution in [2.24, 2.45) is 0 Å². The van der Waals surface area contributed by atoms with Crippen molar-refractivity contribution in [3.63, 3.8) is 0 Å². The number of esters is 1. The largest absolute Gasteiger partial charge is 0.486 e. The lowest BCUT2D eigenvalue weighted by molar-refractivity contribution is 0.0733. The predicted octanol–water partition coefficient (Wildman–Crippen LogP) is 2.99. The number of hydrogen-bond donors (Lipinski definition) is 0. The van der Waals surface area contributed by atoms with Crippen LogP contribution in [0.1, 0.15) is 15.9 Å². The summed E-state index contributed by atoms with van der Waals surface area (Å²) in [5.41, 5.74) is 1.62. The molecular formula is C16H14O4. The first kappa shape index (κ1) is 12.5. The van der Waals surface area contributed by atoms with Gasteiger partial charge in [-0.3, -0.25) is 0 Å². The van der Waals surface area contributed by atoms with Crippen LogP contribution in [0.4, 0.5) is 0 Å². The summed E-state index contributed by atoms with van der Waals surface area (Å²) in [5.74, 6) is 1.33. The Hall–Kier alpha value is -2.49. The molecule has 3 rings (SSSR count). The Morgan fingerprint density at radius 2 is 1.70 bits per heavy atom. The summed E-state index contributed by atoms with van der Waals surface area (Å²) in [6.45, 7) is 3.01. The van der Waals surface area contributed by atoms with Crippen LogP contribution in [0.5, 0.6) is 17.2 Å². The number of carbonyl (C=O) groups excluding carboxylic acids is 1. The fourth-order valence-electron chi connectivity index (χ4n) is 1.94. The van der Waals surface area contributed by atoms with Crippen molar-refractivity contribution in [3.05, 3.63) is 53.6 Å². The highest BCUT2D eigenvalue weighted by atomic mass is 16.6. The second-order valence-electron chi connectivity index (χ2n) is 4.56. The van der Waals surface area contributed by atoms with E-state index in [1.165, 1.54) is 0 Å². The summed E-state index contributed by atoms with van der Waals surface area (Å²) in [6.07, 6.45) is 0. The zero-order valence-corrected chi connectivity index (χ0v) is 11.1. The molecule has 102 valence electrons. The average molecular weight is 270 g/mol. The Bertz CT molecular complexity index is 631. The molecule has 2 aromatic rings. The van der Waals surface area contributed by atoms with Crippen LogP contribution < -0.4 is 14.2 Å². The van der Waals surface area contributed by atoms with Crippen LogP contribution in [-0.4, -0.2) is 19.2 Å². The molecule has 20 heavy (non-hydrogen) atoms. The smallest absolute Gasteiger partial charge is 0.343 e. The van der Waals surface area contributed by atoms with Gasteiger partial charge < -0.3 is 14.2 Å². The molecule has 0 spiro atoms. The third-order valence-electron chi connectivity index (χ3n) is 3.01. The SMILES string of the molecule is Cc1ccc(C(=O)Oc2ccc3c(c2)OCCO3)cc1. The number of aryl methyl sites for hydroxylation is 1. The van der Waals surface area contributed by atoms with Crippen molar-refractivity contribution < 1.29 is 19.0 Å². The van der Waals surface area contributed by atoms with E-state index in [-0.39, 0.29) is 5.97 Å². The maximum Gasteiger partial charge on any atom is 0.343 e. The zero-order valence-electron chi connectivity index (χ0n) is 11.1. The molecule has 0 bridgehead atoms. The van der Waals surface area contributed by atoms with Gasteiger partial charge in [-0.2, -0.15) is 0 Å². The summed E-state index contributed by atoms with van der Waals surface area (Å²) in [6, 6.07) is 12.3. The number of rotatable bonds is 2. The summed E-state index contributed by atoms with van der Waals surface area (Å²) < 4.78 is 16.2. The van der Waals surface area contributed by atoms with Crippen molar-refractivity contribution in [2.45, 2.75) is 6.92 Å². The molecule has 0 aliphatic carbocycles. The average Bonchev–Trinajstić information content (AvgIpc) is 2.48. The molecule has 1 heterocycles. The number of hydrogen-bond acceptors (Lipinski definition) is 4. The molecule has 0 N–H and O–H groups in total. The third kappa shape index (κ3) is 2.59. The van der Waals surface area contributed by atoms with Gasteiger partial charge in [-0.05, 0) is 31.2 Å². The Morgan fingerprint density at radius 1 is 1.00 bits per heavy atom. The van der Waals surface area contributed by atoms with Crippen LogP contribution in [0.15, 0.2) is 42.5 Å². The molecule has 0 saturated carbocycles. The van der Waals surface area contributed by atoms with Gasteiger partial charge in [-0.15, -0.1) is 0 Å². The standard InChI is InChI=1S/C16H14O4/c1-11-2-4-12(5-3-11)16(17)20-13-6-7-14-15(10-13)19-9-8-18-14/h2-7,10H,8-9H2,1H3. The minimum Gasteiger partial charge on any atom is -0.486 e. The molecule has 4 nitrogen and oxygen atoms in total. The van der Waals surface area contributed by atoms with E-state index in [4.69, 9.17) is 14.2 Å². The van der Waals surface area contributed by atoms with Gasteiger partial charge >= 0.3 is 5.97 Å². The minimum atomic E-state index is -0.387. The van der Waals surface area contributed by atoms with Crippen molar-refractivity contribution in [1.29, 1.82) is 0 Å². The topological polar surface area (TPSA) is 44.8 Å². The number of carbonyl (C=O) groups is 1. The van der Waals surface area contributed by atoms with Gasteiger partial charge in [0.15, 0.2) is 11.5 Å². The lowest BCUT2D eigenvalue weighted by Crippen LogP contribution is -2.15. The van der Waals surface area contributed by atoms with E-state index >= 15 is 0 Å². The van der Waals surface area contributed by atoms with Gasteiger partial charge in [0.1, 0.15) is 19.0 Å². The van der Waals surface area contributed by atoms with Crippen molar-refractivity contribution >= 4 is 5.97 Å². The Morgan fingerprint density at radius 3 is 2.45 bits per heavy atom. The third-order valence-corrected chi connectivity index (χ3v) is 3.01. The molecule has 0 aromatic heterocycles. The molecule has 0 saturated heterocycles. The van der Waals surface area contributed by atoms with Gasteiger partial charge in [0.05, 0.1) is 5.56 Å². The Balaban J connectivity index is 1.77. The quantitative estimate of drug-likeness (QED) is 0.621. The fourth-order valence-corrected chi connectivity index (χ4v) is 1.94. The first-order chi connectivity index (χ1) is 9.72. The summed E-state index contributed by atoms with van der Waals surface area (Å²) >= 11 is 0. The van der Waals surface area contributed by atoms with Crippen LogP contribution in [0, 0.1) is 6.92 Å². The maximum atomic E-state index is 12.0. The molecule has 0 amide bonds. The minimum absolute atomic E-state index is 0.387. The molecule has 0 fully saturated rings. The number of benzene rings is 2. The van der Waals surface area contributed by atoms with Gasteiger partial charge in [0.25, 0.3) is 0 Å². The van der Waals surface area contributed by atoms with Crippen molar-refractivity contribution in [2.75, 3.05) is 13.2 Å². The molecular weight excluding hydrogens is 256 g/mol. The Labute approximate surface area is 116 Å². The Kier molecular flexibility index (Phi) is 3.29. The van der Waals surface area contributed by atoms with Crippen molar-refractivity contribution in [1.82, 2.24) is 0 Å². The molecule has 4 heteroatoms. The van der Waals surface area contributed by atoms with Crippen LogP contribution in [0.25, 0.3) is 0 Å². The normalized spacial score (nSPS) is 12.8. The molecule has 2 aromatic carbocycles. The molecule has 0 radical (unpaired) electrons. The van der Waals surface area contributed by atoms with Crippen LogP contribution >= 0.6 is 0 Å². The molecule has 1 aliphatic rings. The summed E-state index contributed by atoms with van der Waals surface area (Å²) in [5, 5.41) is 0. The second-order valence-corrected chi connectivity index (χ2v) is 4.56. The highest BCUT2D eigenvalue weighted by Gasteiger charge is 2.14. The number of ether oxygens (including phenoxy) is 3. The van der Waals surface area contributed by atoms with E-state index in [0.717, 1.165) is 5.56 Å². The lowest BCUT2D eigenvalue weighted by Gasteiger charge is -2.18. The second kappa shape index (κ2) is 5.25. The molecule has 0 unspecified atom stereocenters. The van der Waals surface area contributed by atoms with Gasteiger partial charge in [-0.1, -0.05) is 17.7 Å². The summed E-state index contributed by atoms with van der Waals surface area (Å²) in [7, 11) is 0. The molecule has 1 aliphatic heterocycles. The maximum absolute atomic E-state index is 12.0. The van der Waals surface area contributed by atoms with E-state index < -0.39 is 0 Å². The van der Waals surface area contributed by atoms with Crippen LogP contribution in [0.2, 0.25) is 0 Å². The van der Waals surface area contributed by atoms with Gasteiger partial charge in [0.2, 0.25) is 0 Å². The van der Waals surface area contributed by atoms with Crippen molar-refractivity contribution in [3.8, 4) is 17.2 Å². The highest BCUT2D eigenvalue weighted by molar-refractivity contribution is 5.91. The van der Waals surface area contributed by atoms with Crippen LogP contribution in [-0.2, 0) is 0 Å². The van der Waals surface area contributed by atoms with Gasteiger partial charge in [0, 0.05) is 6.07 Å². The van der Waals surface area contributed by atoms with E-state index in [9.17, 15) is 4.79 Å². The lowest BCUT2D eigenvalue weighted by atomic mass is 10.1.